The molecule has 27 heavy (non-hydrogen) atoms. The molecule has 0 aromatic rings. The lowest BCUT2D eigenvalue weighted by atomic mass is 9.85. The minimum atomic E-state index is -1.24. The average Bonchev–Trinajstić information content (AvgIpc) is 3.23. The minimum Gasteiger partial charge on any atom is -0.451 e. The van der Waals surface area contributed by atoms with Crippen LogP contribution < -0.4 is 10.6 Å². The Bertz CT molecular complexity index is 701. The lowest BCUT2D eigenvalue weighted by Gasteiger charge is -2.18. The molecule has 2 bridgehead atoms. The van der Waals surface area contributed by atoms with Crippen LogP contribution in [0.3, 0.4) is 0 Å². The van der Waals surface area contributed by atoms with Gasteiger partial charge in [-0.1, -0.05) is 12.2 Å². The van der Waals surface area contributed by atoms with Crippen molar-refractivity contribution in [3.8, 4) is 0 Å². The summed E-state index contributed by atoms with van der Waals surface area (Å²) in [5, 5.41) is 4.53. The summed E-state index contributed by atoms with van der Waals surface area (Å²) < 4.78 is 4.98. The van der Waals surface area contributed by atoms with Gasteiger partial charge in [-0.25, -0.2) is 4.79 Å². The van der Waals surface area contributed by atoms with Crippen LogP contribution in [0.15, 0.2) is 12.2 Å². The zero-order valence-corrected chi connectivity index (χ0v) is 15.4. The van der Waals surface area contributed by atoms with Crippen LogP contribution in [0.25, 0.3) is 0 Å². The number of hydrogen-bond donors (Lipinski definition) is 2. The van der Waals surface area contributed by atoms with E-state index in [1.165, 1.54) is 6.92 Å². The summed E-state index contributed by atoms with van der Waals surface area (Å²) in [7, 11) is 0. The van der Waals surface area contributed by atoms with Crippen LogP contribution in [0.5, 0.6) is 0 Å². The monoisotopic (exact) mass is 377 g/mol. The number of nitrogens with zero attached hydrogens (tertiary/aromatic N) is 1. The number of amides is 5. The number of likely N-dealkylation sites (tertiary alicyclic amines) is 1. The van der Waals surface area contributed by atoms with Gasteiger partial charge in [0.2, 0.25) is 11.8 Å². The maximum absolute atomic E-state index is 12.5. The van der Waals surface area contributed by atoms with E-state index in [2.05, 4.69) is 10.6 Å². The quantitative estimate of drug-likeness (QED) is 0.394. The molecule has 2 fully saturated rings. The third-order valence-electron chi connectivity index (χ3n) is 5.18. The van der Waals surface area contributed by atoms with E-state index in [1.807, 2.05) is 12.2 Å². The summed E-state index contributed by atoms with van der Waals surface area (Å²) in [4.78, 5) is 61.5. The third kappa shape index (κ3) is 3.58. The topological polar surface area (TPSA) is 122 Å². The number of esters is 1. The number of carbonyl (C=O) groups excluding carboxylic acids is 5. The van der Waals surface area contributed by atoms with Crippen LogP contribution >= 0.6 is 0 Å². The molecule has 0 spiro atoms. The first-order valence-corrected chi connectivity index (χ1v) is 9.03. The van der Waals surface area contributed by atoms with E-state index in [-0.39, 0.29) is 41.5 Å². The molecule has 3 aliphatic rings. The molecule has 5 atom stereocenters. The second-order valence-electron chi connectivity index (χ2n) is 7.51. The van der Waals surface area contributed by atoms with Crippen molar-refractivity contribution in [3.63, 3.8) is 0 Å². The fourth-order valence-corrected chi connectivity index (χ4v) is 4.05. The van der Waals surface area contributed by atoms with E-state index >= 15 is 0 Å². The largest absolute Gasteiger partial charge is 0.451 e. The Hall–Kier alpha value is -2.71. The van der Waals surface area contributed by atoms with Crippen LogP contribution in [0.2, 0.25) is 0 Å². The van der Waals surface area contributed by atoms with Gasteiger partial charge in [-0.2, -0.15) is 0 Å². The maximum atomic E-state index is 12.5. The van der Waals surface area contributed by atoms with E-state index < -0.39 is 30.6 Å². The highest BCUT2D eigenvalue weighted by Crippen LogP contribution is 2.52. The van der Waals surface area contributed by atoms with Gasteiger partial charge in [0, 0.05) is 6.04 Å². The highest BCUT2D eigenvalue weighted by molar-refractivity contribution is 6.08. The highest BCUT2D eigenvalue weighted by atomic mass is 16.5. The van der Waals surface area contributed by atoms with Crippen molar-refractivity contribution in [1.82, 2.24) is 15.5 Å². The Labute approximate surface area is 156 Å². The average molecular weight is 377 g/mol. The molecule has 2 aliphatic carbocycles. The molecule has 146 valence electrons. The van der Waals surface area contributed by atoms with E-state index in [0.29, 0.717) is 0 Å². The standard InChI is InChI=1S/C18H23N3O6/c1-8(2)19-18(26)20-15(23)9(3)27-12(22)7-21-16(24)13-10-4-5-11(6-10)14(13)17(21)25/h4-5,8-11,13-14H,6-7H2,1-3H3,(H2,19,20,23,26)/t9-,10+,11+,13-,14+/m1/s1. The normalized spacial score (nSPS) is 29.1. The number of ether oxygens (including phenoxy) is 1. The van der Waals surface area contributed by atoms with Gasteiger partial charge in [-0.3, -0.25) is 29.4 Å². The summed E-state index contributed by atoms with van der Waals surface area (Å²) in [5.41, 5.74) is 0. The van der Waals surface area contributed by atoms with Gasteiger partial charge in [0.1, 0.15) is 6.54 Å². The molecule has 0 radical (unpaired) electrons. The molecular formula is C18H23N3O6. The van der Waals surface area contributed by atoms with Gasteiger partial charge in [0.05, 0.1) is 11.8 Å². The van der Waals surface area contributed by atoms with Crippen molar-refractivity contribution < 1.29 is 28.7 Å². The number of carbonyl (C=O) groups is 5. The predicted molar refractivity (Wildman–Crippen MR) is 91.8 cm³/mol. The maximum Gasteiger partial charge on any atom is 0.326 e. The second-order valence-corrected chi connectivity index (χ2v) is 7.51. The number of imide groups is 2. The first-order valence-electron chi connectivity index (χ1n) is 9.03. The Morgan fingerprint density at radius 1 is 1.11 bits per heavy atom. The van der Waals surface area contributed by atoms with Gasteiger partial charge in [-0.05, 0) is 39.0 Å². The van der Waals surface area contributed by atoms with Crippen molar-refractivity contribution in [3.05, 3.63) is 12.2 Å². The molecule has 0 aromatic heterocycles. The molecule has 9 heteroatoms. The fraction of sp³-hybridized carbons (Fsp3) is 0.611. The molecule has 0 aromatic carbocycles. The van der Waals surface area contributed by atoms with Crippen LogP contribution in [0.4, 0.5) is 4.79 Å². The molecule has 1 heterocycles. The molecule has 2 N–H and O–H groups in total. The second kappa shape index (κ2) is 7.13. The van der Waals surface area contributed by atoms with Gasteiger partial charge in [-0.15, -0.1) is 0 Å². The molecular weight excluding hydrogens is 354 g/mol. The highest BCUT2D eigenvalue weighted by Gasteiger charge is 2.59. The smallest absolute Gasteiger partial charge is 0.326 e. The zero-order chi connectivity index (χ0) is 19.9. The summed E-state index contributed by atoms with van der Waals surface area (Å²) in [5.74, 6) is -3.03. The fourth-order valence-electron chi connectivity index (χ4n) is 4.05. The molecule has 1 saturated heterocycles. The van der Waals surface area contributed by atoms with Gasteiger partial charge in [0.15, 0.2) is 6.10 Å². The summed E-state index contributed by atoms with van der Waals surface area (Å²) in [6.45, 7) is 4.24. The molecule has 3 rings (SSSR count). The van der Waals surface area contributed by atoms with Gasteiger partial charge < -0.3 is 10.1 Å². The van der Waals surface area contributed by atoms with Crippen LogP contribution in [-0.4, -0.2) is 53.3 Å². The number of hydrogen-bond acceptors (Lipinski definition) is 6. The van der Waals surface area contributed by atoms with Crippen molar-refractivity contribution in [1.29, 1.82) is 0 Å². The Morgan fingerprint density at radius 2 is 1.67 bits per heavy atom. The van der Waals surface area contributed by atoms with Crippen molar-refractivity contribution in [2.24, 2.45) is 23.7 Å². The van der Waals surface area contributed by atoms with Gasteiger partial charge in [0.25, 0.3) is 5.91 Å². The van der Waals surface area contributed by atoms with Crippen molar-refractivity contribution in [2.75, 3.05) is 6.54 Å². The summed E-state index contributed by atoms with van der Waals surface area (Å²) in [6.07, 6.45) is 3.50. The van der Waals surface area contributed by atoms with E-state index in [4.69, 9.17) is 4.74 Å². The molecule has 5 amide bonds. The van der Waals surface area contributed by atoms with Crippen molar-refractivity contribution >= 4 is 29.7 Å². The molecule has 9 nitrogen and oxygen atoms in total. The predicted octanol–water partition coefficient (Wildman–Crippen LogP) is -0.0406. The zero-order valence-electron chi connectivity index (χ0n) is 15.4. The van der Waals surface area contributed by atoms with Crippen LogP contribution in [-0.2, 0) is 23.9 Å². The Balaban J connectivity index is 1.52. The van der Waals surface area contributed by atoms with Crippen LogP contribution in [0, 0.1) is 23.7 Å². The number of allylic oxidation sites excluding steroid dienone is 2. The van der Waals surface area contributed by atoms with Crippen LogP contribution in [0.1, 0.15) is 27.2 Å². The minimum absolute atomic E-state index is 0.0571. The SMILES string of the molecule is CC(C)NC(=O)NC(=O)[C@@H](C)OC(=O)CN1C(=O)[C@@H]2[C@H](C1=O)[C@H]1C=C[C@H]2C1. The molecule has 1 saturated carbocycles. The molecule has 0 unspecified atom stereocenters. The Kier molecular flexibility index (Phi) is 5.03. The van der Waals surface area contributed by atoms with E-state index in [0.717, 1.165) is 11.3 Å². The summed E-state index contributed by atoms with van der Waals surface area (Å²) >= 11 is 0. The lowest BCUT2D eigenvalue weighted by Crippen LogP contribution is -2.47. The lowest BCUT2D eigenvalue weighted by molar-refractivity contribution is -0.159. The van der Waals surface area contributed by atoms with E-state index in [1.54, 1.807) is 13.8 Å². The van der Waals surface area contributed by atoms with Gasteiger partial charge >= 0.3 is 12.0 Å². The molecule has 1 aliphatic heterocycles. The first kappa shape index (κ1) is 19.1. The number of urea groups is 1. The van der Waals surface area contributed by atoms with E-state index in [9.17, 15) is 24.0 Å². The Morgan fingerprint density at radius 3 is 2.19 bits per heavy atom. The first-order chi connectivity index (χ1) is 12.7. The number of rotatable bonds is 5. The number of nitrogens with one attached hydrogen (secondary N) is 2. The summed E-state index contributed by atoms with van der Waals surface area (Å²) in [6, 6.07) is -0.856. The number of fused-ring (bicyclic) bond motifs is 5. The van der Waals surface area contributed by atoms with Crippen molar-refractivity contribution in [2.45, 2.75) is 39.3 Å². The third-order valence-corrected chi connectivity index (χ3v) is 5.18.